The number of aromatic nitrogens is 1. The number of alkyl halides is 1. The average molecular weight is 454 g/mol. The number of allylic oxidation sites excluding steroid dienone is 3. The topological polar surface area (TPSA) is 69.0 Å². The summed E-state index contributed by atoms with van der Waals surface area (Å²) < 4.78 is 40.4. The number of anilines is 2. The van der Waals surface area contributed by atoms with Crippen molar-refractivity contribution >= 4 is 17.3 Å². The largest absolute Gasteiger partial charge is 0.370 e. The Morgan fingerprint density at radius 1 is 1.33 bits per heavy atom. The Morgan fingerprint density at radius 3 is 2.67 bits per heavy atom. The van der Waals surface area contributed by atoms with Crippen molar-refractivity contribution in [3.8, 4) is 6.07 Å². The van der Waals surface area contributed by atoms with E-state index in [1.165, 1.54) is 19.1 Å². The number of nitriles is 1. The zero-order valence-electron chi connectivity index (χ0n) is 18.4. The molecule has 1 aliphatic rings. The van der Waals surface area contributed by atoms with E-state index in [1.807, 2.05) is 0 Å². The number of halogens is 3. The molecule has 1 aromatic heterocycles. The van der Waals surface area contributed by atoms with Gasteiger partial charge in [0, 0.05) is 13.1 Å². The predicted molar refractivity (Wildman–Crippen MR) is 122 cm³/mol. The van der Waals surface area contributed by atoms with E-state index in [4.69, 9.17) is 0 Å². The smallest absolute Gasteiger partial charge is 0.274 e. The summed E-state index contributed by atoms with van der Waals surface area (Å²) >= 11 is 0. The number of piperidine rings is 1. The van der Waals surface area contributed by atoms with Crippen LogP contribution in [0, 0.1) is 30.0 Å². The van der Waals surface area contributed by atoms with Crippen LogP contribution in [-0.2, 0) is 0 Å². The summed E-state index contributed by atoms with van der Waals surface area (Å²) in [6.45, 7) is 5.26. The molecule has 0 radical (unpaired) electrons. The molecular weight excluding hydrogens is 429 g/mol. The van der Waals surface area contributed by atoms with Crippen LogP contribution in [0.15, 0.2) is 54.4 Å². The number of carbonyl (C=O) groups excluding carboxylic acids is 1. The second-order valence-corrected chi connectivity index (χ2v) is 7.99. The Balaban J connectivity index is 1.76. The fourth-order valence-corrected chi connectivity index (χ4v) is 3.92. The number of rotatable bonds is 7. The molecule has 2 heterocycles. The highest BCUT2D eigenvalue weighted by atomic mass is 19.1. The summed E-state index contributed by atoms with van der Waals surface area (Å²) in [5, 5.41) is 12.1. The second kappa shape index (κ2) is 10.8. The zero-order valence-corrected chi connectivity index (χ0v) is 18.4. The van der Waals surface area contributed by atoms with E-state index in [0.29, 0.717) is 30.8 Å². The van der Waals surface area contributed by atoms with Gasteiger partial charge in [-0.05, 0) is 74.1 Å². The van der Waals surface area contributed by atoms with E-state index < -0.39 is 24.2 Å². The number of nitrogens with zero attached hydrogens (tertiary/aromatic N) is 3. The van der Waals surface area contributed by atoms with E-state index in [2.05, 4.69) is 27.8 Å². The van der Waals surface area contributed by atoms with Gasteiger partial charge in [-0.15, -0.1) is 0 Å². The summed E-state index contributed by atoms with van der Waals surface area (Å²) in [6, 6.07) is 9.56. The molecule has 3 rings (SSSR count). The Morgan fingerprint density at radius 2 is 2.06 bits per heavy atom. The molecule has 1 N–H and O–H groups in total. The van der Waals surface area contributed by atoms with Crippen molar-refractivity contribution in [2.24, 2.45) is 5.92 Å². The van der Waals surface area contributed by atoms with Gasteiger partial charge in [0.2, 0.25) is 0 Å². The molecule has 1 aliphatic heterocycles. The van der Waals surface area contributed by atoms with Gasteiger partial charge in [-0.3, -0.25) is 4.79 Å². The summed E-state index contributed by atoms with van der Waals surface area (Å²) in [4.78, 5) is 18.8. The number of hydrogen-bond donors (Lipinski definition) is 1. The van der Waals surface area contributed by atoms with E-state index in [-0.39, 0.29) is 22.9 Å². The van der Waals surface area contributed by atoms with Crippen LogP contribution in [0.25, 0.3) is 0 Å². The second-order valence-electron chi connectivity index (χ2n) is 7.99. The fourth-order valence-electron chi connectivity index (χ4n) is 3.92. The van der Waals surface area contributed by atoms with Gasteiger partial charge >= 0.3 is 0 Å². The Kier molecular flexibility index (Phi) is 7.88. The van der Waals surface area contributed by atoms with Crippen LogP contribution in [0.2, 0.25) is 0 Å². The molecule has 0 aliphatic carbocycles. The van der Waals surface area contributed by atoms with Crippen molar-refractivity contribution < 1.29 is 18.0 Å². The lowest BCUT2D eigenvalue weighted by Gasteiger charge is -2.35. The lowest BCUT2D eigenvalue weighted by molar-refractivity contribution is 0.102. The molecule has 0 saturated carbocycles. The molecule has 0 unspecified atom stereocenters. The molecule has 1 saturated heterocycles. The van der Waals surface area contributed by atoms with E-state index in [0.717, 1.165) is 24.6 Å². The van der Waals surface area contributed by atoms with Gasteiger partial charge in [0.15, 0.2) is 0 Å². The third-order valence-corrected chi connectivity index (χ3v) is 5.80. The summed E-state index contributed by atoms with van der Waals surface area (Å²) in [6.07, 6.45) is 2.82. The van der Waals surface area contributed by atoms with Crippen LogP contribution in [0.1, 0.15) is 41.0 Å². The van der Waals surface area contributed by atoms with E-state index >= 15 is 0 Å². The first-order valence-corrected chi connectivity index (χ1v) is 10.7. The molecule has 1 fully saturated rings. The first kappa shape index (κ1) is 24.1. The van der Waals surface area contributed by atoms with Gasteiger partial charge in [-0.25, -0.2) is 18.2 Å². The lowest BCUT2D eigenvalue weighted by atomic mass is 9.89. The number of aryl methyl sites for hydroxylation is 1. The normalized spacial score (nSPS) is 14.9. The van der Waals surface area contributed by atoms with Crippen molar-refractivity contribution in [3.05, 3.63) is 77.2 Å². The Labute approximate surface area is 191 Å². The third-order valence-electron chi connectivity index (χ3n) is 5.80. The predicted octanol–water partition coefficient (Wildman–Crippen LogP) is 5.64. The fraction of sp³-hybridized carbons (Fsp3) is 0.320. The van der Waals surface area contributed by atoms with Gasteiger partial charge in [0.25, 0.3) is 5.91 Å². The number of benzene rings is 1. The highest BCUT2D eigenvalue weighted by Gasteiger charge is 2.24. The SMILES string of the molecule is C=C/C(F)=C(\CF)CC1CCN(c2ccc(C#N)cc2NC(=O)c2ccc(F)c(C)n2)CC1. The molecular formula is C25H25F3N4O. The van der Waals surface area contributed by atoms with Crippen LogP contribution < -0.4 is 10.2 Å². The molecule has 0 atom stereocenters. The van der Waals surface area contributed by atoms with Crippen LogP contribution in [0.4, 0.5) is 24.5 Å². The van der Waals surface area contributed by atoms with Crippen LogP contribution in [0.5, 0.6) is 0 Å². The first-order valence-electron chi connectivity index (χ1n) is 10.7. The minimum absolute atomic E-state index is 0.0655. The van der Waals surface area contributed by atoms with Crippen molar-refractivity contribution in [1.29, 1.82) is 5.26 Å². The number of amides is 1. The van der Waals surface area contributed by atoms with Gasteiger partial charge in [0.1, 0.15) is 24.0 Å². The Bertz CT molecular complexity index is 1120. The minimum atomic E-state index is -0.833. The first-order chi connectivity index (χ1) is 15.9. The van der Waals surface area contributed by atoms with Crippen LogP contribution in [-0.4, -0.2) is 30.7 Å². The van der Waals surface area contributed by atoms with Gasteiger partial charge < -0.3 is 10.2 Å². The molecule has 172 valence electrons. The summed E-state index contributed by atoms with van der Waals surface area (Å²) in [5.74, 6) is -1.47. The number of nitrogens with one attached hydrogen (secondary N) is 1. The minimum Gasteiger partial charge on any atom is -0.370 e. The highest BCUT2D eigenvalue weighted by molar-refractivity contribution is 6.04. The zero-order chi connectivity index (χ0) is 24.0. The van der Waals surface area contributed by atoms with E-state index in [9.17, 15) is 23.2 Å². The highest BCUT2D eigenvalue weighted by Crippen LogP contribution is 2.33. The molecule has 1 amide bonds. The van der Waals surface area contributed by atoms with Crippen LogP contribution >= 0.6 is 0 Å². The van der Waals surface area contributed by atoms with Gasteiger partial charge in [-0.2, -0.15) is 5.26 Å². The molecule has 1 aromatic carbocycles. The maximum absolute atomic E-state index is 13.7. The van der Waals surface area contributed by atoms with E-state index in [1.54, 1.807) is 18.2 Å². The molecule has 8 heteroatoms. The maximum Gasteiger partial charge on any atom is 0.274 e. The molecule has 0 spiro atoms. The van der Waals surface area contributed by atoms with Crippen molar-refractivity contribution in [1.82, 2.24) is 4.98 Å². The standard InChI is InChI=1S/C25H25F3N4O/c1-3-20(27)19(14-26)12-17-8-10-32(11-9-17)24-7-4-18(15-29)13-23(24)31-25(33)22-6-5-21(28)16(2)30-22/h3-7,13,17H,1,8-12,14H2,2H3,(H,31,33)/b20-19+. The summed E-state index contributed by atoms with van der Waals surface area (Å²) in [7, 11) is 0. The average Bonchev–Trinajstić information content (AvgIpc) is 2.84. The summed E-state index contributed by atoms with van der Waals surface area (Å²) in [5.41, 5.74) is 1.88. The van der Waals surface area contributed by atoms with Crippen molar-refractivity contribution in [3.63, 3.8) is 0 Å². The number of carbonyl (C=O) groups is 1. The van der Waals surface area contributed by atoms with Crippen LogP contribution in [0.3, 0.4) is 0 Å². The lowest BCUT2D eigenvalue weighted by Crippen LogP contribution is -2.34. The van der Waals surface area contributed by atoms with Gasteiger partial charge in [-0.1, -0.05) is 6.58 Å². The van der Waals surface area contributed by atoms with Crippen molar-refractivity contribution in [2.75, 3.05) is 30.0 Å². The van der Waals surface area contributed by atoms with Gasteiger partial charge in [0.05, 0.1) is 28.7 Å². The molecule has 0 bridgehead atoms. The number of pyridine rings is 1. The maximum atomic E-state index is 13.7. The third kappa shape index (κ3) is 5.80. The molecule has 2 aromatic rings. The monoisotopic (exact) mass is 454 g/mol. The quantitative estimate of drug-likeness (QED) is 0.550. The number of hydrogen-bond acceptors (Lipinski definition) is 4. The Hall–Kier alpha value is -3.60. The van der Waals surface area contributed by atoms with Crippen molar-refractivity contribution in [2.45, 2.75) is 26.2 Å². The molecule has 5 nitrogen and oxygen atoms in total. The molecule has 33 heavy (non-hydrogen) atoms.